The SMILES string of the molecule is CCOc1ccccc1NC(=O)N[C@H]1CC[C@@H](Nc2nc(N(C)C)c3ccccc3n2)CC1. The molecule has 1 aromatic heterocycles. The molecule has 1 aliphatic carbocycles. The second-order valence-corrected chi connectivity index (χ2v) is 8.50. The van der Waals surface area contributed by atoms with E-state index >= 15 is 0 Å². The summed E-state index contributed by atoms with van der Waals surface area (Å²) in [7, 11) is 3.99. The molecule has 1 aliphatic rings. The molecule has 1 fully saturated rings. The predicted molar refractivity (Wildman–Crippen MR) is 133 cm³/mol. The lowest BCUT2D eigenvalue weighted by Crippen LogP contribution is -2.42. The van der Waals surface area contributed by atoms with E-state index in [0.717, 1.165) is 42.4 Å². The number of carbonyl (C=O) groups is 1. The van der Waals surface area contributed by atoms with Crippen LogP contribution in [0.5, 0.6) is 5.75 Å². The molecule has 3 aromatic rings. The van der Waals surface area contributed by atoms with Crippen LogP contribution in [-0.2, 0) is 0 Å². The number of hydrogen-bond acceptors (Lipinski definition) is 6. The fourth-order valence-corrected chi connectivity index (χ4v) is 4.23. The Kier molecular flexibility index (Phi) is 7.12. The van der Waals surface area contributed by atoms with E-state index in [0.29, 0.717) is 24.0 Å². The van der Waals surface area contributed by atoms with Crippen molar-refractivity contribution < 1.29 is 9.53 Å². The lowest BCUT2D eigenvalue weighted by molar-refractivity contribution is 0.243. The first-order valence-corrected chi connectivity index (χ1v) is 11.5. The van der Waals surface area contributed by atoms with Gasteiger partial charge in [-0.15, -0.1) is 0 Å². The highest BCUT2D eigenvalue weighted by Crippen LogP contribution is 2.27. The average molecular weight is 449 g/mol. The molecule has 4 rings (SSSR count). The highest BCUT2D eigenvalue weighted by atomic mass is 16.5. The first-order chi connectivity index (χ1) is 16.0. The smallest absolute Gasteiger partial charge is 0.319 e. The van der Waals surface area contributed by atoms with Gasteiger partial charge in [0.25, 0.3) is 0 Å². The number of fused-ring (bicyclic) bond motifs is 1. The largest absolute Gasteiger partial charge is 0.492 e. The number of carbonyl (C=O) groups excluding carboxylic acids is 1. The molecule has 1 heterocycles. The highest BCUT2D eigenvalue weighted by molar-refractivity contribution is 5.91. The van der Waals surface area contributed by atoms with Crippen molar-refractivity contribution in [2.75, 3.05) is 36.2 Å². The molecule has 2 amide bonds. The number of para-hydroxylation sites is 3. The summed E-state index contributed by atoms with van der Waals surface area (Å²) in [5, 5.41) is 10.6. The maximum atomic E-state index is 12.5. The fraction of sp³-hybridized carbons (Fsp3) is 0.400. The molecule has 0 spiro atoms. The van der Waals surface area contributed by atoms with E-state index in [4.69, 9.17) is 14.7 Å². The van der Waals surface area contributed by atoms with E-state index in [2.05, 4.69) is 16.0 Å². The maximum absolute atomic E-state index is 12.5. The van der Waals surface area contributed by atoms with Crippen molar-refractivity contribution in [2.45, 2.75) is 44.7 Å². The van der Waals surface area contributed by atoms with Gasteiger partial charge in [-0.2, -0.15) is 4.98 Å². The van der Waals surface area contributed by atoms with Crippen molar-refractivity contribution in [3.05, 3.63) is 48.5 Å². The molecule has 174 valence electrons. The van der Waals surface area contributed by atoms with Crippen molar-refractivity contribution in [1.29, 1.82) is 0 Å². The number of benzene rings is 2. The van der Waals surface area contributed by atoms with Crippen molar-refractivity contribution in [2.24, 2.45) is 0 Å². The van der Waals surface area contributed by atoms with Gasteiger partial charge in [0, 0.05) is 31.6 Å². The molecule has 0 unspecified atom stereocenters. The summed E-state index contributed by atoms with van der Waals surface area (Å²) >= 11 is 0. The Balaban J connectivity index is 1.32. The van der Waals surface area contributed by atoms with Crippen LogP contribution >= 0.6 is 0 Å². The molecule has 8 nitrogen and oxygen atoms in total. The standard InChI is InChI=1S/C25H32N6O2/c1-4-33-22-12-8-7-11-21(22)29-25(32)27-18-15-13-17(14-16-18)26-24-28-20-10-6-5-9-19(20)23(30-24)31(2)3/h5-12,17-18H,4,13-16H2,1-3H3,(H,26,28,30)(H2,27,29,32)/t17-,18+. The molecule has 3 N–H and O–H groups in total. The third-order valence-corrected chi connectivity index (χ3v) is 5.84. The van der Waals surface area contributed by atoms with Crippen LogP contribution in [-0.4, -0.2) is 48.8 Å². The molecule has 8 heteroatoms. The van der Waals surface area contributed by atoms with Crippen molar-refractivity contribution >= 4 is 34.4 Å². The quantitative estimate of drug-likeness (QED) is 0.488. The fourth-order valence-electron chi connectivity index (χ4n) is 4.23. The third kappa shape index (κ3) is 5.63. The number of amides is 2. The van der Waals surface area contributed by atoms with Crippen LogP contribution in [0.1, 0.15) is 32.6 Å². The number of nitrogens with one attached hydrogen (secondary N) is 3. The summed E-state index contributed by atoms with van der Waals surface area (Å²) in [5.41, 5.74) is 1.61. The van der Waals surface area contributed by atoms with E-state index < -0.39 is 0 Å². The highest BCUT2D eigenvalue weighted by Gasteiger charge is 2.23. The predicted octanol–water partition coefficient (Wildman–Crippen LogP) is 4.64. The Morgan fingerprint density at radius 2 is 1.70 bits per heavy atom. The summed E-state index contributed by atoms with van der Waals surface area (Å²) in [6.45, 7) is 2.47. The van der Waals surface area contributed by atoms with Gasteiger partial charge in [0.1, 0.15) is 11.6 Å². The number of rotatable bonds is 7. The van der Waals surface area contributed by atoms with Gasteiger partial charge in [-0.05, 0) is 56.9 Å². The minimum absolute atomic E-state index is 0.136. The molecule has 1 saturated carbocycles. The van der Waals surface area contributed by atoms with Gasteiger partial charge < -0.3 is 25.6 Å². The second-order valence-electron chi connectivity index (χ2n) is 8.50. The molecule has 0 atom stereocenters. The van der Waals surface area contributed by atoms with Crippen LogP contribution in [0.25, 0.3) is 10.9 Å². The second kappa shape index (κ2) is 10.4. The summed E-state index contributed by atoms with van der Waals surface area (Å²) in [6, 6.07) is 15.7. The van der Waals surface area contributed by atoms with E-state index in [1.54, 1.807) is 0 Å². The molecule has 0 saturated heterocycles. The van der Waals surface area contributed by atoms with Crippen molar-refractivity contribution in [1.82, 2.24) is 15.3 Å². The van der Waals surface area contributed by atoms with Gasteiger partial charge in [-0.3, -0.25) is 0 Å². The molecular formula is C25H32N6O2. The molecule has 0 bridgehead atoms. The lowest BCUT2D eigenvalue weighted by atomic mass is 9.91. The Bertz CT molecular complexity index is 1100. The Morgan fingerprint density at radius 1 is 1.00 bits per heavy atom. The zero-order valence-corrected chi connectivity index (χ0v) is 19.5. The molecular weight excluding hydrogens is 416 g/mol. The van der Waals surface area contributed by atoms with Gasteiger partial charge in [0.05, 0.1) is 17.8 Å². The normalized spacial score (nSPS) is 17.9. The van der Waals surface area contributed by atoms with Crippen LogP contribution in [0.2, 0.25) is 0 Å². The molecule has 33 heavy (non-hydrogen) atoms. The van der Waals surface area contributed by atoms with Crippen LogP contribution < -0.4 is 25.6 Å². The van der Waals surface area contributed by atoms with E-state index in [-0.39, 0.29) is 18.1 Å². The average Bonchev–Trinajstić information content (AvgIpc) is 2.81. The summed E-state index contributed by atoms with van der Waals surface area (Å²) in [5.74, 6) is 2.23. The van der Waals surface area contributed by atoms with Crippen LogP contribution in [0, 0.1) is 0 Å². The zero-order chi connectivity index (χ0) is 23.2. The maximum Gasteiger partial charge on any atom is 0.319 e. The van der Waals surface area contributed by atoms with Crippen LogP contribution in [0.3, 0.4) is 0 Å². The number of nitrogens with zero attached hydrogens (tertiary/aromatic N) is 3. The number of anilines is 3. The molecule has 0 aliphatic heterocycles. The molecule has 2 aromatic carbocycles. The first kappa shape index (κ1) is 22.6. The lowest BCUT2D eigenvalue weighted by Gasteiger charge is -2.30. The Hall–Kier alpha value is -3.55. The van der Waals surface area contributed by atoms with Gasteiger partial charge in [0.15, 0.2) is 0 Å². The monoisotopic (exact) mass is 448 g/mol. The topological polar surface area (TPSA) is 91.4 Å². The third-order valence-electron chi connectivity index (χ3n) is 5.84. The Labute approximate surface area is 194 Å². The van der Waals surface area contributed by atoms with Gasteiger partial charge in [-0.1, -0.05) is 24.3 Å². The summed E-state index contributed by atoms with van der Waals surface area (Å²) < 4.78 is 5.58. The number of urea groups is 1. The van der Waals surface area contributed by atoms with Gasteiger partial charge in [-0.25, -0.2) is 9.78 Å². The van der Waals surface area contributed by atoms with E-state index in [1.807, 2.05) is 74.4 Å². The number of ether oxygens (including phenoxy) is 1. The van der Waals surface area contributed by atoms with E-state index in [9.17, 15) is 4.79 Å². The minimum Gasteiger partial charge on any atom is -0.492 e. The first-order valence-electron chi connectivity index (χ1n) is 11.5. The minimum atomic E-state index is -0.202. The van der Waals surface area contributed by atoms with Crippen molar-refractivity contribution in [3.63, 3.8) is 0 Å². The summed E-state index contributed by atoms with van der Waals surface area (Å²) in [4.78, 5) is 24.0. The summed E-state index contributed by atoms with van der Waals surface area (Å²) in [6.07, 6.45) is 3.67. The number of aromatic nitrogens is 2. The van der Waals surface area contributed by atoms with Crippen LogP contribution in [0.15, 0.2) is 48.5 Å². The molecule has 0 radical (unpaired) electrons. The number of hydrogen-bond donors (Lipinski definition) is 3. The zero-order valence-electron chi connectivity index (χ0n) is 19.5. The van der Waals surface area contributed by atoms with Crippen molar-refractivity contribution in [3.8, 4) is 5.75 Å². The van der Waals surface area contributed by atoms with Crippen LogP contribution in [0.4, 0.5) is 22.2 Å². The van der Waals surface area contributed by atoms with Gasteiger partial charge >= 0.3 is 6.03 Å². The van der Waals surface area contributed by atoms with Gasteiger partial charge in [0.2, 0.25) is 5.95 Å². The Morgan fingerprint density at radius 3 is 2.45 bits per heavy atom. The van der Waals surface area contributed by atoms with E-state index in [1.165, 1.54) is 0 Å².